The molecule has 0 aromatic heterocycles. The number of rotatable bonds is 19. The van der Waals surface area contributed by atoms with Crippen molar-refractivity contribution in [2.45, 2.75) is 123 Å². The van der Waals surface area contributed by atoms with Crippen molar-refractivity contribution in [1.82, 2.24) is 0 Å². The number of carbonyl (C=O) groups excluding carboxylic acids is 1. The fourth-order valence-electron chi connectivity index (χ4n) is 4.13. The van der Waals surface area contributed by atoms with Crippen LogP contribution in [-0.2, 0) is 9.53 Å². The lowest BCUT2D eigenvalue weighted by atomic mass is 10.0. The molecule has 2 atom stereocenters. The Hall–Kier alpha value is -0.790. The number of hydrogen-bond acceptors (Lipinski definition) is 2. The van der Waals surface area contributed by atoms with Crippen LogP contribution < -0.4 is 0 Å². The average molecular weight is 379 g/mol. The van der Waals surface area contributed by atoms with Crippen molar-refractivity contribution in [2.75, 3.05) is 6.61 Å². The van der Waals surface area contributed by atoms with Gasteiger partial charge in [-0.05, 0) is 38.0 Å². The smallest absolute Gasteiger partial charge is 0.330 e. The van der Waals surface area contributed by atoms with Crippen molar-refractivity contribution in [1.29, 1.82) is 0 Å². The lowest BCUT2D eigenvalue weighted by Gasteiger charge is -2.03. The van der Waals surface area contributed by atoms with Crippen LogP contribution in [0.2, 0.25) is 0 Å². The van der Waals surface area contributed by atoms with Crippen molar-refractivity contribution < 1.29 is 9.53 Å². The summed E-state index contributed by atoms with van der Waals surface area (Å²) in [5.41, 5.74) is 0. The van der Waals surface area contributed by atoms with E-state index in [1.807, 2.05) is 13.0 Å². The van der Waals surface area contributed by atoms with Crippen LogP contribution in [0.15, 0.2) is 12.2 Å². The molecule has 0 aliphatic heterocycles. The van der Waals surface area contributed by atoms with E-state index in [0.29, 0.717) is 6.61 Å². The Bertz CT molecular complexity index is 375. The van der Waals surface area contributed by atoms with E-state index in [2.05, 4.69) is 6.92 Å². The van der Waals surface area contributed by atoms with Crippen LogP contribution in [-0.4, -0.2) is 12.6 Å². The summed E-state index contributed by atoms with van der Waals surface area (Å²) in [5.74, 6) is 1.95. The second kappa shape index (κ2) is 17.3. The lowest BCUT2D eigenvalue weighted by molar-refractivity contribution is -0.137. The average Bonchev–Trinajstić information content (AvgIpc) is 3.41. The highest BCUT2D eigenvalue weighted by molar-refractivity contribution is 5.81. The van der Waals surface area contributed by atoms with E-state index in [1.165, 1.54) is 103 Å². The third kappa shape index (κ3) is 14.9. The maximum absolute atomic E-state index is 11.2. The van der Waals surface area contributed by atoms with Gasteiger partial charge in [0.2, 0.25) is 0 Å². The third-order valence-corrected chi connectivity index (χ3v) is 5.98. The fourth-order valence-corrected chi connectivity index (χ4v) is 4.13. The highest BCUT2D eigenvalue weighted by Gasteiger charge is 2.34. The van der Waals surface area contributed by atoms with E-state index < -0.39 is 0 Å². The van der Waals surface area contributed by atoms with E-state index >= 15 is 0 Å². The minimum Gasteiger partial charge on any atom is -0.463 e. The van der Waals surface area contributed by atoms with E-state index in [0.717, 1.165) is 18.3 Å². The minimum absolute atomic E-state index is 0.205. The van der Waals surface area contributed by atoms with E-state index in [9.17, 15) is 4.79 Å². The number of allylic oxidation sites excluding steroid dienone is 1. The number of ether oxygens (including phenoxy) is 1. The molecule has 0 N–H and O–H groups in total. The van der Waals surface area contributed by atoms with Gasteiger partial charge in [0.1, 0.15) is 0 Å². The van der Waals surface area contributed by atoms with Gasteiger partial charge in [0.15, 0.2) is 0 Å². The second-order valence-electron chi connectivity index (χ2n) is 8.52. The first-order valence-corrected chi connectivity index (χ1v) is 12.1. The Kier molecular flexibility index (Phi) is 15.6. The standard InChI is InChI=1S/C25H46O2/c1-3-5-6-7-8-10-13-16-19-23-22-24(23)20-17-14-11-9-12-15-18-21-25(26)27-4-2/h18,21,23-24H,3-17,19-20,22H2,1-2H3/b21-18+/t23-,24+/m0/s1. The molecule has 0 saturated heterocycles. The zero-order valence-corrected chi connectivity index (χ0v) is 18.4. The summed E-state index contributed by atoms with van der Waals surface area (Å²) in [5, 5.41) is 0. The van der Waals surface area contributed by atoms with Crippen molar-refractivity contribution in [3.05, 3.63) is 12.2 Å². The van der Waals surface area contributed by atoms with Crippen molar-refractivity contribution in [2.24, 2.45) is 11.8 Å². The van der Waals surface area contributed by atoms with E-state index in [1.54, 1.807) is 6.08 Å². The van der Waals surface area contributed by atoms with Gasteiger partial charge in [-0.25, -0.2) is 4.79 Å². The SMILES string of the molecule is CCCCCCCCCC[C@H]1C[C@H]1CCCCCCC/C=C/C(=O)OCC. The highest BCUT2D eigenvalue weighted by atomic mass is 16.5. The monoisotopic (exact) mass is 378 g/mol. The number of unbranched alkanes of at least 4 members (excludes halogenated alkanes) is 12. The third-order valence-electron chi connectivity index (χ3n) is 5.98. The topological polar surface area (TPSA) is 26.3 Å². The molecule has 0 unspecified atom stereocenters. The molecule has 1 rings (SSSR count). The number of hydrogen-bond donors (Lipinski definition) is 0. The van der Waals surface area contributed by atoms with Crippen LogP contribution in [0.4, 0.5) is 0 Å². The second-order valence-corrected chi connectivity index (χ2v) is 8.52. The molecule has 0 spiro atoms. The molecule has 1 aliphatic rings. The molecule has 1 aliphatic carbocycles. The van der Waals surface area contributed by atoms with Crippen LogP contribution >= 0.6 is 0 Å². The summed E-state index contributed by atoms with van der Waals surface area (Å²) in [6, 6.07) is 0. The highest BCUT2D eigenvalue weighted by Crippen LogP contribution is 2.45. The lowest BCUT2D eigenvalue weighted by Crippen LogP contribution is -1.98. The van der Waals surface area contributed by atoms with Gasteiger partial charge in [0, 0.05) is 6.08 Å². The zero-order chi connectivity index (χ0) is 19.6. The summed E-state index contributed by atoms with van der Waals surface area (Å²) in [7, 11) is 0. The molecular weight excluding hydrogens is 332 g/mol. The predicted molar refractivity (Wildman–Crippen MR) is 117 cm³/mol. The first-order valence-electron chi connectivity index (χ1n) is 12.1. The van der Waals surface area contributed by atoms with E-state index in [-0.39, 0.29) is 5.97 Å². The molecule has 0 radical (unpaired) electrons. The van der Waals surface area contributed by atoms with Crippen molar-refractivity contribution >= 4 is 5.97 Å². The number of carbonyl (C=O) groups is 1. The van der Waals surface area contributed by atoms with Gasteiger partial charge in [0.25, 0.3) is 0 Å². The molecule has 27 heavy (non-hydrogen) atoms. The van der Waals surface area contributed by atoms with Crippen molar-refractivity contribution in [3.63, 3.8) is 0 Å². The van der Waals surface area contributed by atoms with Crippen LogP contribution in [0.1, 0.15) is 123 Å². The Labute approximate surface area is 169 Å². The molecule has 0 amide bonds. The molecule has 0 bridgehead atoms. The maximum atomic E-state index is 11.2. The largest absolute Gasteiger partial charge is 0.463 e. The summed E-state index contributed by atoms with van der Waals surface area (Å²) in [4.78, 5) is 11.2. The minimum atomic E-state index is -0.205. The molecule has 0 aromatic rings. The quantitative estimate of drug-likeness (QED) is 0.129. The van der Waals surface area contributed by atoms with Crippen LogP contribution in [0.5, 0.6) is 0 Å². The van der Waals surface area contributed by atoms with Crippen LogP contribution in [0.25, 0.3) is 0 Å². The van der Waals surface area contributed by atoms with Gasteiger partial charge in [-0.1, -0.05) is 103 Å². The fraction of sp³-hybridized carbons (Fsp3) is 0.880. The molecule has 2 heteroatoms. The Balaban J connectivity index is 1.77. The molecule has 2 nitrogen and oxygen atoms in total. The first-order chi connectivity index (χ1) is 13.3. The molecular formula is C25H46O2. The molecule has 0 heterocycles. The normalized spacial score (nSPS) is 18.9. The molecule has 158 valence electrons. The first kappa shape index (κ1) is 24.2. The Morgan fingerprint density at radius 1 is 0.778 bits per heavy atom. The summed E-state index contributed by atoms with van der Waals surface area (Å²) >= 11 is 0. The molecule has 1 fully saturated rings. The Morgan fingerprint density at radius 3 is 1.85 bits per heavy atom. The van der Waals surface area contributed by atoms with Crippen molar-refractivity contribution in [3.8, 4) is 0 Å². The van der Waals surface area contributed by atoms with Gasteiger partial charge >= 0.3 is 5.97 Å². The van der Waals surface area contributed by atoms with Gasteiger partial charge in [-0.2, -0.15) is 0 Å². The van der Waals surface area contributed by atoms with Gasteiger partial charge in [0.05, 0.1) is 6.61 Å². The summed E-state index contributed by atoms with van der Waals surface area (Å²) in [6.45, 7) is 4.59. The van der Waals surface area contributed by atoms with Gasteiger partial charge in [-0.15, -0.1) is 0 Å². The van der Waals surface area contributed by atoms with Crippen LogP contribution in [0.3, 0.4) is 0 Å². The summed E-state index contributed by atoms with van der Waals surface area (Å²) in [6.07, 6.45) is 27.3. The summed E-state index contributed by atoms with van der Waals surface area (Å²) < 4.78 is 4.87. The maximum Gasteiger partial charge on any atom is 0.330 e. The zero-order valence-electron chi connectivity index (χ0n) is 18.4. The van der Waals surface area contributed by atoms with E-state index in [4.69, 9.17) is 4.74 Å². The predicted octanol–water partition coefficient (Wildman–Crippen LogP) is 8.00. The molecule has 0 aromatic carbocycles. The number of esters is 1. The van der Waals surface area contributed by atoms with Gasteiger partial charge < -0.3 is 4.74 Å². The van der Waals surface area contributed by atoms with Gasteiger partial charge in [-0.3, -0.25) is 0 Å². The Morgan fingerprint density at radius 2 is 1.30 bits per heavy atom. The van der Waals surface area contributed by atoms with Crippen LogP contribution in [0, 0.1) is 11.8 Å². The molecule has 1 saturated carbocycles.